The summed E-state index contributed by atoms with van der Waals surface area (Å²) in [5.41, 5.74) is -0.254. The van der Waals surface area contributed by atoms with Gasteiger partial charge in [-0.3, -0.25) is 4.79 Å². The van der Waals surface area contributed by atoms with E-state index < -0.39 is 11.5 Å². The molecular weight excluding hydrogens is 341 g/mol. The topological polar surface area (TPSA) is 75.6 Å². The quantitative estimate of drug-likeness (QED) is 0.868. The lowest BCUT2D eigenvalue weighted by molar-refractivity contribution is -0.152. The molecule has 1 aromatic carbocycles. The molecule has 2 aliphatic rings. The van der Waals surface area contributed by atoms with Crippen molar-refractivity contribution in [2.45, 2.75) is 30.7 Å². The number of aliphatic carboxylic acids is 1. The van der Waals surface area contributed by atoms with Crippen molar-refractivity contribution in [2.75, 3.05) is 13.2 Å². The first kappa shape index (κ1) is 16.6. The summed E-state index contributed by atoms with van der Waals surface area (Å²) in [5, 5.41) is 13.2. The van der Waals surface area contributed by atoms with E-state index in [0.717, 1.165) is 5.56 Å². The fourth-order valence-corrected chi connectivity index (χ4v) is 3.34. The number of ether oxygens (including phenoxy) is 1. The number of hydrogen-bond acceptors (Lipinski definition) is 3. The Kier molecular flexibility index (Phi) is 4.54. The molecule has 0 bridgehead atoms. The van der Waals surface area contributed by atoms with Crippen molar-refractivity contribution in [3.05, 3.63) is 33.8 Å². The van der Waals surface area contributed by atoms with Crippen LogP contribution in [0.5, 0.6) is 0 Å². The van der Waals surface area contributed by atoms with Crippen LogP contribution < -0.4 is 5.32 Å². The molecule has 2 atom stereocenters. The summed E-state index contributed by atoms with van der Waals surface area (Å²) in [7, 11) is 0. The summed E-state index contributed by atoms with van der Waals surface area (Å²) in [6.45, 7) is 0.681. The van der Waals surface area contributed by atoms with E-state index >= 15 is 0 Å². The molecule has 0 aromatic heterocycles. The largest absolute Gasteiger partial charge is 0.480 e. The zero-order valence-electron chi connectivity index (χ0n) is 12.4. The molecule has 5 nitrogen and oxygen atoms in total. The number of hydrogen-bond donors (Lipinski definition) is 2. The van der Waals surface area contributed by atoms with Gasteiger partial charge in [-0.15, -0.1) is 0 Å². The van der Waals surface area contributed by atoms with Gasteiger partial charge in [0, 0.05) is 32.0 Å². The van der Waals surface area contributed by atoms with E-state index in [1.807, 2.05) is 6.07 Å². The number of amides is 1. The van der Waals surface area contributed by atoms with Gasteiger partial charge < -0.3 is 15.2 Å². The molecule has 2 fully saturated rings. The first-order valence-corrected chi connectivity index (χ1v) is 8.27. The van der Waals surface area contributed by atoms with Crippen molar-refractivity contribution in [1.82, 2.24) is 5.32 Å². The SMILES string of the molecule is O=C(NC1(C(=O)O)CCOCC1)C1CC1c1ccc(Cl)c(Cl)c1. The van der Waals surface area contributed by atoms with Crippen LogP contribution >= 0.6 is 23.2 Å². The fourth-order valence-electron chi connectivity index (χ4n) is 3.04. The van der Waals surface area contributed by atoms with E-state index in [1.54, 1.807) is 12.1 Å². The maximum Gasteiger partial charge on any atom is 0.329 e. The molecule has 1 saturated carbocycles. The third-order valence-electron chi connectivity index (χ3n) is 4.62. The minimum atomic E-state index is -1.21. The van der Waals surface area contributed by atoms with Gasteiger partial charge >= 0.3 is 5.97 Å². The fraction of sp³-hybridized carbons (Fsp3) is 0.500. The van der Waals surface area contributed by atoms with Gasteiger partial charge in [-0.25, -0.2) is 4.79 Å². The van der Waals surface area contributed by atoms with Gasteiger partial charge in [0.1, 0.15) is 5.54 Å². The maximum atomic E-state index is 12.4. The molecule has 0 spiro atoms. The van der Waals surface area contributed by atoms with Crippen LogP contribution in [0.2, 0.25) is 10.0 Å². The predicted octanol–water partition coefficient (Wildman–Crippen LogP) is 2.85. The minimum absolute atomic E-state index is 0.0652. The Bertz CT molecular complexity index is 643. The van der Waals surface area contributed by atoms with Crippen LogP contribution in [0.25, 0.3) is 0 Å². The number of rotatable bonds is 4. The standard InChI is InChI=1S/C16H17Cl2NO4/c17-12-2-1-9(7-13(12)18)10-8-11(10)14(20)19-16(15(21)22)3-5-23-6-4-16/h1-2,7,10-11H,3-6,8H2,(H,19,20)(H,21,22). The molecule has 124 valence electrons. The molecule has 2 N–H and O–H groups in total. The summed E-state index contributed by atoms with van der Waals surface area (Å²) in [5.74, 6) is -1.37. The number of halogens is 2. The van der Waals surface area contributed by atoms with Crippen LogP contribution in [0.15, 0.2) is 18.2 Å². The molecule has 7 heteroatoms. The van der Waals surface area contributed by atoms with Crippen molar-refractivity contribution in [3.8, 4) is 0 Å². The van der Waals surface area contributed by atoms with Gasteiger partial charge in [0.2, 0.25) is 5.91 Å². The first-order chi connectivity index (χ1) is 10.9. The Hall–Kier alpha value is -1.30. The first-order valence-electron chi connectivity index (χ1n) is 7.51. The number of carboxylic acid groups (broad SMARTS) is 1. The number of carboxylic acids is 1. The average Bonchev–Trinajstić information content (AvgIpc) is 3.31. The molecule has 1 saturated heterocycles. The maximum absolute atomic E-state index is 12.4. The van der Waals surface area contributed by atoms with Crippen LogP contribution in [-0.4, -0.2) is 35.7 Å². The summed E-state index contributed by atoms with van der Waals surface area (Å²) >= 11 is 11.9. The van der Waals surface area contributed by atoms with Crippen LogP contribution in [0.3, 0.4) is 0 Å². The Balaban J connectivity index is 1.67. The van der Waals surface area contributed by atoms with E-state index in [2.05, 4.69) is 5.32 Å². The molecular formula is C16H17Cl2NO4. The lowest BCUT2D eigenvalue weighted by Crippen LogP contribution is -2.57. The summed E-state index contributed by atoms with van der Waals surface area (Å²) < 4.78 is 5.21. The minimum Gasteiger partial charge on any atom is -0.480 e. The molecule has 2 unspecified atom stereocenters. The van der Waals surface area contributed by atoms with E-state index in [4.69, 9.17) is 27.9 Å². The molecule has 23 heavy (non-hydrogen) atoms. The molecule has 1 aromatic rings. The van der Waals surface area contributed by atoms with Gasteiger partial charge in [0.25, 0.3) is 0 Å². The normalized spacial score (nSPS) is 25.7. The van der Waals surface area contributed by atoms with Gasteiger partial charge in [-0.05, 0) is 30.0 Å². The van der Waals surface area contributed by atoms with Gasteiger partial charge in [0.05, 0.1) is 10.0 Å². The second-order valence-corrected chi connectivity index (χ2v) is 6.93. The highest BCUT2D eigenvalue weighted by Crippen LogP contribution is 2.48. The monoisotopic (exact) mass is 357 g/mol. The van der Waals surface area contributed by atoms with Crippen molar-refractivity contribution in [1.29, 1.82) is 0 Å². The molecule has 1 amide bonds. The van der Waals surface area contributed by atoms with Crippen LogP contribution in [0, 0.1) is 5.92 Å². The molecule has 1 heterocycles. The number of nitrogens with one attached hydrogen (secondary N) is 1. The van der Waals surface area contributed by atoms with Gasteiger partial charge in [-0.1, -0.05) is 29.3 Å². The smallest absolute Gasteiger partial charge is 0.329 e. The van der Waals surface area contributed by atoms with Crippen molar-refractivity contribution < 1.29 is 19.4 Å². The predicted molar refractivity (Wildman–Crippen MR) is 85.9 cm³/mol. The van der Waals surface area contributed by atoms with E-state index in [0.29, 0.717) is 29.7 Å². The third-order valence-corrected chi connectivity index (χ3v) is 5.36. The number of benzene rings is 1. The van der Waals surface area contributed by atoms with E-state index in [-0.39, 0.29) is 30.6 Å². The Morgan fingerprint density at radius 2 is 1.91 bits per heavy atom. The molecule has 1 aliphatic heterocycles. The Labute approximate surface area is 143 Å². The second-order valence-electron chi connectivity index (χ2n) is 6.11. The highest BCUT2D eigenvalue weighted by atomic mass is 35.5. The molecule has 3 rings (SSSR count). The second kappa shape index (κ2) is 6.30. The van der Waals surface area contributed by atoms with E-state index in [9.17, 15) is 14.7 Å². The zero-order chi connectivity index (χ0) is 16.6. The van der Waals surface area contributed by atoms with E-state index in [1.165, 1.54) is 0 Å². The van der Waals surface area contributed by atoms with Gasteiger partial charge in [0.15, 0.2) is 0 Å². The van der Waals surface area contributed by atoms with Gasteiger partial charge in [-0.2, -0.15) is 0 Å². The lowest BCUT2D eigenvalue weighted by atomic mass is 9.89. The Morgan fingerprint density at radius 1 is 1.22 bits per heavy atom. The highest BCUT2D eigenvalue weighted by Gasteiger charge is 2.49. The summed E-state index contributed by atoms with van der Waals surface area (Å²) in [4.78, 5) is 24.0. The summed E-state index contributed by atoms with van der Waals surface area (Å²) in [6.07, 6.45) is 1.27. The van der Waals surface area contributed by atoms with Crippen molar-refractivity contribution >= 4 is 35.1 Å². The lowest BCUT2D eigenvalue weighted by Gasteiger charge is -2.34. The van der Waals surface area contributed by atoms with Crippen LogP contribution in [-0.2, 0) is 14.3 Å². The number of carbonyl (C=O) groups is 2. The molecule has 0 radical (unpaired) electrons. The third kappa shape index (κ3) is 3.32. The summed E-state index contributed by atoms with van der Waals surface area (Å²) in [6, 6.07) is 5.33. The van der Waals surface area contributed by atoms with Crippen LogP contribution in [0.4, 0.5) is 0 Å². The number of carbonyl (C=O) groups excluding carboxylic acids is 1. The van der Waals surface area contributed by atoms with Crippen LogP contribution in [0.1, 0.15) is 30.7 Å². The molecule has 1 aliphatic carbocycles. The average molecular weight is 358 g/mol. The zero-order valence-corrected chi connectivity index (χ0v) is 13.9. The Morgan fingerprint density at radius 3 is 2.52 bits per heavy atom. The highest BCUT2D eigenvalue weighted by molar-refractivity contribution is 6.42. The van der Waals surface area contributed by atoms with Crippen molar-refractivity contribution in [3.63, 3.8) is 0 Å². The van der Waals surface area contributed by atoms with Crippen molar-refractivity contribution in [2.24, 2.45) is 5.92 Å².